The van der Waals surface area contributed by atoms with Gasteiger partial charge < -0.3 is 10.2 Å². The Balaban J connectivity index is 1.82. The van der Waals surface area contributed by atoms with Crippen LogP contribution >= 0.6 is 27.5 Å². The summed E-state index contributed by atoms with van der Waals surface area (Å²) in [6, 6.07) is 26.7. The van der Waals surface area contributed by atoms with Crippen LogP contribution in [0.25, 0.3) is 0 Å². The lowest BCUT2D eigenvalue weighted by Gasteiger charge is -2.35. The summed E-state index contributed by atoms with van der Waals surface area (Å²) in [5, 5.41) is 2.69. The summed E-state index contributed by atoms with van der Waals surface area (Å²) in [6.07, 6.45) is 0.179. The zero-order chi connectivity index (χ0) is 32.8. The van der Waals surface area contributed by atoms with Crippen molar-refractivity contribution in [2.75, 3.05) is 10.8 Å². The fourth-order valence-electron chi connectivity index (χ4n) is 4.68. The van der Waals surface area contributed by atoms with E-state index in [1.807, 2.05) is 75.4 Å². The minimum atomic E-state index is -4.33. The molecule has 4 aromatic carbocycles. The second-order valence-electron chi connectivity index (χ2n) is 11.5. The summed E-state index contributed by atoms with van der Waals surface area (Å²) in [6.45, 7) is 4.88. The lowest BCUT2D eigenvalue weighted by molar-refractivity contribution is -0.140. The van der Waals surface area contributed by atoms with E-state index in [-0.39, 0.29) is 34.5 Å². The predicted molar refractivity (Wildman–Crippen MR) is 179 cm³/mol. The van der Waals surface area contributed by atoms with Crippen LogP contribution in [0.1, 0.15) is 31.9 Å². The molecule has 11 heteroatoms. The van der Waals surface area contributed by atoms with E-state index >= 15 is 0 Å². The van der Waals surface area contributed by atoms with Crippen LogP contribution in [-0.2, 0) is 32.6 Å². The van der Waals surface area contributed by atoms with Gasteiger partial charge in [-0.05, 0) is 74.4 Å². The molecule has 236 valence electrons. The maximum absolute atomic E-state index is 14.5. The quantitative estimate of drug-likeness (QED) is 0.182. The summed E-state index contributed by atoms with van der Waals surface area (Å²) < 4.78 is 43.9. The van der Waals surface area contributed by atoms with E-state index in [1.54, 1.807) is 18.2 Å². The van der Waals surface area contributed by atoms with Crippen LogP contribution in [0.15, 0.2) is 112 Å². The first-order valence-corrected chi connectivity index (χ1v) is 16.8. The highest BCUT2D eigenvalue weighted by Crippen LogP contribution is 2.28. The molecule has 2 amide bonds. The highest BCUT2D eigenvalue weighted by Gasteiger charge is 2.35. The number of amides is 2. The highest BCUT2D eigenvalue weighted by atomic mass is 79.9. The van der Waals surface area contributed by atoms with Crippen molar-refractivity contribution in [3.05, 3.63) is 130 Å². The molecule has 0 aliphatic rings. The lowest BCUT2D eigenvalue weighted by atomic mass is 10.0. The van der Waals surface area contributed by atoms with E-state index in [2.05, 4.69) is 21.2 Å². The van der Waals surface area contributed by atoms with Gasteiger partial charge in [-0.1, -0.05) is 88.2 Å². The van der Waals surface area contributed by atoms with Crippen molar-refractivity contribution in [2.24, 2.45) is 0 Å². The second kappa shape index (κ2) is 14.6. The number of sulfonamides is 1. The van der Waals surface area contributed by atoms with Crippen molar-refractivity contribution in [1.82, 2.24) is 10.2 Å². The average molecular weight is 715 g/mol. The first-order chi connectivity index (χ1) is 21.2. The van der Waals surface area contributed by atoms with Crippen LogP contribution in [0, 0.1) is 5.82 Å². The first kappa shape index (κ1) is 34.1. The van der Waals surface area contributed by atoms with Gasteiger partial charge in [0.15, 0.2) is 0 Å². The maximum atomic E-state index is 14.5. The van der Waals surface area contributed by atoms with Crippen molar-refractivity contribution < 1.29 is 22.4 Å². The molecule has 4 rings (SSSR count). The molecule has 0 aliphatic heterocycles. The molecule has 0 bridgehead atoms. The summed E-state index contributed by atoms with van der Waals surface area (Å²) in [7, 11) is -4.33. The van der Waals surface area contributed by atoms with E-state index in [0.717, 1.165) is 32.0 Å². The van der Waals surface area contributed by atoms with Gasteiger partial charge in [-0.3, -0.25) is 13.9 Å². The third-order valence-electron chi connectivity index (χ3n) is 6.84. The van der Waals surface area contributed by atoms with Gasteiger partial charge in [-0.2, -0.15) is 0 Å². The molecule has 1 N–H and O–H groups in total. The molecule has 0 radical (unpaired) electrons. The number of rotatable bonds is 11. The Hall–Kier alpha value is -3.73. The average Bonchev–Trinajstić information content (AvgIpc) is 3.00. The SMILES string of the molecule is CC(C)(C)NC(=O)[C@@H](Cc1ccccc1)N(Cc1ccc(Br)cc1)C(=O)CN(c1ccc(F)c(Cl)c1)S(=O)(=O)c1ccccc1. The van der Waals surface area contributed by atoms with E-state index in [1.165, 1.54) is 23.1 Å². The minimum Gasteiger partial charge on any atom is -0.350 e. The fraction of sp³-hybridized carbons (Fsp3) is 0.235. The van der Waals surface area contributed by atoms with Crippen LogP contribution < -0.4 is 9.62 Å². The number of benzene rings is 4. The van der Waals surface area contributed by atoms with E-state index in [9.17, 15) is 22.4 Å². The Kier molecular flexibility index (Phi) is 11.1. The number of hydrogen-bond donors (Lipinski definition) is 1. The van der Waals surface area contributed by atoms with Crippen LogP contribution in [-0.4, -0.2) is 43.3 Å². The predicted octanol–water partition coefficient (Wildman–Crippen LogP) is 6.99. The van der Waals surface area contributed by atoms with Crippen LogP contribution in [0.5, 0.6) is 0 Å². The van der Waals surface area contributed by atoms with Crippen molar-refractivity contribution in [3.8, 4) is 0 Å². The molecule has 0 spiro atoms. The summed E-state index contributed by atoms with van der Waals surface area (Å²) in [5.41, 5.74) is 0.946. The maximum Gasteiger partial charge on any atom is 0.264 e. The number of carbonyl (C=O) groups excluding carboxylic acids is 2. The van der Waals surface area contributed by atoms with Crippen molar-refractivity contribution in [2.45, 2.75) is 50.2 Å². The number of nitrogens with zero attached hydrogens (tertiary/aromatic N) is 2. The molecule has 1 atom stereocenters. The van der Waals surface area contributed by atoms with Crippen molar-refractivity contribution in [1.29, 1.82) is 0 Å². The second-order valence-corrected chi connectivity index (χ2v) is 14.7. The van der Waals surface area contributed by atoms with Gasteiger partial charge in [0, 0.05) is 23.0 Å². The monoisotopic (exact) mass is 713 g/mol. The molecule has 4 aromatic rings. The molecular formula is C34H34BrClFN3O4S. The largest absolute Gasteiger partial charge is 0.350 e. The van der Waals surface area contributed by atoms with Crippen molar-refractivity contribution >= 4 is 55.1 Å². The number of anilines is 1. The number of halogens is 3. The van der Waals surface area contributed by atoms with Gasteiger partial charge >= 0.3 is 0 Å². The topological polar surface area (TPSA) is 86.8 Å². The Morgan fingerprint density at radius 3 is 2.07 bits per heavy atom. The Morgan fingerprint density at radius 2 is 1.49 bits per heavy atom. The Bertz CT molecular complexity index is 1740. The fourth-order valence-corrected chi connectivity index (χ4v) is 6.55. The molecular weight excluding hydrogens is 681 g/mol. The minimum absolute atomic E-state index is 0.000877. The molecule has 0 heterocycles. The van der Waals surface area contributed by atoms with Gasteiger partial charge in [-0.25, -0.2) is 12.8 Å². The van der Waals surface area contributed by atoms with Crippen LogP contribution in [0.3, 0.4) is 0 Å². The molecule has 0 aliphatic carbocycles. The van der Waals surface area contributed by atoms with Crippen LogP contribution in [0.4, 0.5) is 10.1 Å². The van der Waals surface area contributed by atoms with Gasteiger partial charge in [0.05, 0.1) is 15.6 Å². The summed E-state index contributed by atoms with van der Waals surface area (Å²) in [5.74, 6) is -1.76. The Morgan fingerprint density at radius 1 is 0.889 bits per heavy atom. The summed E-state index contributed by atoms with van der Waals surface area (Å²) >= 11 is 9.50. The first-order valence-electron chi connectivity index (χ1n) is 14.2. The normalized spacial score (nSPS) is 12.3. The van der Waals surface area contributed by atoms with Crippen LogP contribution in [0.2, 0.25) is 5.02 Å². The van der Waals surface area contributed by atoms with Gasteiger partial charge in [0.1, 0.15) is 18.4 Å². The molecule has 0 fully saturated rings. The number of carbonyl (C=O) groups is 2. The number of hydrogen-bond acceptors (Lipinski definition) is 4. The molecule has 0 unspecified atom stereocenters. The Labute approximate surface area is 277 Å². The van der Waals surface area contributed by atoms with Gasteiger partial charge in [0.25, 0.3) is 10.0 Å². The summed E-state index contributed by atoms with van der Waals surface area (Å²) in [4.78, 5) is 29.7. The standard InChI is InChI=1S/C34H34BrClFN3O4S/c1-34(2,3)38-33(42)31(20-24-10-6-4-7-11-24)39(22-25-14-16-26(35)17-15-25)32(41)23-40(27-18-19-30(37)29(36)21-27)45(43,44)28-12-8-5-9-13-28/h4-19,21,31H,20,22-23H2,1-3H3,(H,38,42)/t31-/m1/s1. The van der Waals surface area contributed by atoms with E-state index < -0.39 is 39.9 Å². The molecule has 7 nitrogen and oxygen atoms in total. The third-order valence-corrected chi connectivity index (χ3v) is 9.44. The van der Waals surface area contributed by atoms with Crippen molar-refractivity contribution in [3.63, 3.8) is 0 Å². The van der Waals surface area contributed by atoms with E-state index in [0.29, 0.717) is 0 Å². The lowest BCUT2D eigenvalue weighted by Crippen LogP contribution is -2.56. The molecule has 0 aromatic heterocycles. The molecule has 45 heavy (non-hydrogen) atoms. The molecule has 0 saturated carbocycles. The number of nitrogens with one attached hydrogen (secondary N) is 1. The smallest absolute Gasteiger partial charge is 0.264 e. The zero-order valence-electron chi connectivity index (χ0n) is 25.1. The van der Waals surface area contributed by atoms with Gasteiger partial charge in [-0.15, -0.1) is 0 Å². The third kappa shape index (κ3) is 9.15. The van der Waals surface area contributed by atoms with E-state index in [4.69, 9.17) is 11.6 Å². The zero-order valence-corrected chi connectivity index (χ0v) is 28.2. The highest BCUT2D eigenvalue weighted by molar-refractivity contribution is 9.10. The van der Waals surface area contributed by atoms with Gasteiger partial charge in [0.2, 0.25) is 11.8 Å². The molecule has 0 saturated heterocycles.